The molecule has 0 spiro atoms. The van der Waals surface area contributed by atoms with Gasteiger partial charge in [-0.05, 0) is 27.6 Å². The molecule has 0 bridgehead atoms. The molecule has 0 aromatic heterocycles. The predicted molar refractivity (Wildman–Crippen MR) is 93.9 cm³/mol. The van der Waals surface area contributed by atoms with Crippen molar-refractivity contribution in [3.05, 3.63) is 0 Å². The standard InChI is InChI=1S/C15H35NO7P2.2K/c1-3-4-5-6-7-8-9-10-11-13-16(2)14-12-15(17,24(18,19)20)25(21,22)23;;/h17H,3-14H2,1-2H3,(H2,18,19,20)(H2,21,22,23);;/q;2*+1/p-2. The Hall–Kier alpha value is 3.49. The van der Waals surface area contributed by atoms with E-state index >= 15 is 0 Å². The van der Waals surface area contributed by atoms with Gasteiger partial charge in [0.2, 0.25) is 0 Å². The Labute approximate surface area is 248 Å². The van der Waals surface area contributed by atoms with E-state index in [4.69, 9.17) is 9.79 Å². The van der Waals surface area contributed by atoms with Crippen molar-refractivity contribution >= 4 is 15.2 Å². The zero-order chi connectivity index (χ0) is 19.6. The first-order valence-corrected chi connectivity index (χ1v) is 12.1. The minimum Gasteiger partial charge on any atom is -0.808 e. The van der Waals surface area contributed by atoms with Crippen molar-refractivity contribution in [2.45, 2.75) is 76.2 Å². The normalized spacial score (nSPS) is 14.4. The van der Waals surface area contributed by atoms with Gasteiger partial charge in [0.05, 0.1) is 0 Å². The van der Waals surface area contributed by atoms with Gasteiger partial charge in [-0.25, -0.2) is 0 Å². The maximum absolute atomic E-state index is 11.2. The fourth-order valence-electron chi connectivity index (χ4n) is 2.59. The number of rotatable bonds is 15. The molecule has 8 nitrogen and oxygen atoms in total. The predicted octanol–water partition coefficient (Wildman–Crippen LogP) is -4.42. The van der Waals surface area contributed by atoms with Crippen molar-refractivity contribution in [3.8, 4) is 0 Å². The van der Waals surface area contributed by atoms with Gasteiger partial charge in [-0.1, -0.05) is 58.3 Å². The van der Waals surface area contributed by atoms with Gasteiger partial charge in [0.25, 0.3) is 0 Å². The molecule has 27 heavy (non-hydrogen) atoms. The molecule has 0 aliphatic carbocycles. The maximum atomic E-state index is 11.2. The summed E-state index contributed by atoms with van der Waals surface area (Å²) in [7, 11) is -9.67. The molecule has 0 rings (SSSR count). The van der Waals surface area contributed by atoms with E-state index in [2.05, 4.69) is 6.92 Å². The molecular weight excluding hydrogens is 446 g/mol. The van der Waals surface area contributed by atoms with Gasteiger partial charge in [-0.3, -0.25) is 4.57 Å². The van der Waals surface area contributed by atoms with Crippen LogP contribution in [-0.2, 0) is 9.13 Å². The number of hydrogen-bond donors (Lipinski definition) is 3. The number of hydrogen-bond acceptors (Lipinski definition) is 6. The molecule has 0 aromatic rings. The third-order valence-corrected chi connectivity index (χ3v) is 8.15. The van der Waals surface area contributed by atoms with Crippen molar-refractivity contribution in [1.29, 1.82) is 0 Å². The molecule has 0 aliphatic heterocycles. The summed E-state index contributed by atoms with van der Waals surface area (Å²) in [5.41, 5.74) is 0. The zero-order valence-electron chi connectivity index (χ0n) is 17.3. The van der Waals surface area contributed by atoms with E-state index < -0.39 is 26.7 Å². The maximum Gasteiger partial charge on any atom is 1.00 e. The molecule has 0 saturated heterocycles. The summed E-state index contributed by atoms with van der Waals surface area (Å²) in [5, 5.41) is 6.15. The Morgan fingerprint density at radius 3 is 1.63 bits per heavy atom. The van der Waals surface area contributed by atoms with Crippen LogP contribution in [0, 0.1) is 0 Å². The van der Waals surface area contributed by atoms with E-state index in [0.29, 0.717) is 6.54 Å². The summed E-state index contributed by atoms with van der Waals surface area (Å²) < 4.78 is 22.2. The van der Waals surface area contributed by atoms with Crippen LogP contribution < -0.4 is 113 Å². The second kappa shape index (κ2) is 18.0. The Kier molecular flexibility index (Phi) is 23.4. The van der Waals surface area contributed by atoms with Crippen molar-refractivity contribution < 1.29 is 137 Å². The Morgan fingerprint density at radius 2 is 1.26 bits per heavy atom. The fraction of sp³-hybridized carbons (Fsp3) is 1.00. The van der Waals surface area contributed by atoms with Crippen LogP contribution in [0.15, 0.2) is 0 Å². The molecule has 0 fully saturated rings. The van der Waals surface area contributed by atoms with Crippen molar-refractivity contribution in [2.24, 2.45) is 0 Å². The van der Waals surface area contributed by atoms with E-state index in [1.807, 2.05) is 0 Å². The van der Waals surface area contributed by atoms with E-state index in [0.717, 1.165) is 19.3 Å². The smallest absolute Gasteiger partial charge is 0.808 e. The quantitative estimate of drug-likeness (QED) is 0.121. The van der Waals surface area contributed by atoms with Crippen LogP contribution in [0.5, 0.6) is 0 Å². The van der Waals surface area contributed by atoms with Gasteiger partial charge in [0.1, 0.15) is 0 Å². The monoisotopic (exact) mass is 479 g/mol. The van der Waals surface area contributed by atoms with Crippen molar-refractivity contribution in [2.75, 3.05) is 20.1 Å². The second-order valence-corrected chi connectivity index (χ2v) is 10.6. The molecule has 0 aromatic carbocycles. The molecule has 0 amide bonds. The molecule has 0 radical (unpaired) electrons. The van der Waals surface area contributed by atoms with Crippen LogP contribution in [0.25, 0.3) is 0 Å². The van der Waals surface area contributed by atoms with Crippen LogP contribution in [0.2, 0.25) is 0 Å². The van der Waals surface area contributed by atoms with Gasteiger partial charge in [-0.15, -0.1) is 0 Å². The van der Waals surface area contributed by atoms with Gasteiger partial charge in [0, 0.05) is 13.0 Å². The summed E-state index contributed by atoms with van der Waals surface area (Å²) in [5.74, 6) is 0. The Morgan fingerprint density at radius 1 is 0.852 bits per heavy atom. The zero-order valence-corrected chi connectivity index (χ0v) is 25.3. The molecule has 1 unspecified atom stereocenters. The third-order valence-electron chi connectivity index (χ3n) is 4.38. The van der Waals surface area contributed by atoms with Crippen LogP contribution in [0.1, 0.15) is 71.1 Å². The number of nitrogens with zero attached hydrogens (tertiary/aromatic N) is 1. The molecular formula is C15H33K2NO7P2. The average Bonchev–Trinajstić information content (AvgIpc) is 2.48. The molecule has 0 aliphatic rings. The first kappa shape index (κ1) is 35.1. The minimum atomic E-state index is -5.85. The first-order chi connectivity index (χ1) is 11.5. The molecule has 152 valence electrons. The van der Waals surface area contributed by atoms with Crippen LogP contribution in [0.3, 0.4) is 0 Å². The summed E-state index contributed by atoms with van der Waals surface area (Å²) in [6.07, 6.45) is 9.66. The third kappa shape index (κ3) is 15.0. The molecule has 12 heteroatoms. The summed E-state index contributed by atoms with van der Waals surface area (Å²) >= 11 is 0. The van der Waals surface area contributed by atoms with Crippen LogP contribution >= 0.6 is 15.2 Å². The van der Waals surface area contributed by atoms with E-state index in [1.54, 1.807) is 11.9 Å². The average molecular weight is 480 g/mol. The minimum absolute atomic E-state index is 0. The molecule has 0 heterocycles. The molecule has 1 atom stereocenters. The molecule has 3 N–H and O–H groups in total. The fourth-order valence-corrected chi connectivity index (χ4v) is 4.63. The largest absolute Gasteiger partial charge is 1.00 e. The van der Waals surface area contributed by atoms with E-state index in [9.17, 15) is 24.0 Å². The van der Waals surface area contributed by atoms with Gasteiger partial charge < -0.3 is 34.1 Å². The Bertz CT molecular complexity index is 437. The number of aliphatic hydroxyl groups is 1. The van der Waals surface area contributed by atoms with Crippen molar-refractivity contribution in [3.63, 3.8) is 0 Å². The topological polar surface area (TPSA) is 144 Å². The van der Waals surface area contributed by atoms with Crippen molar-refractivity contribution in [1.82, 2.24) is 4.90 Å². The summed E-state index contributed by atoms with van der Waals surface area (Å²) in [6, 6.07) is 0. The van der Waals surface area contributed by atoms with Crippen LogP contribution in [0.4, 0.5) is 0 Å². The summed E-state index contributed by atoms with van der Waals surface area (Å²) in [6.45, 7) is 2.70. The van der Waals surface area contributed by atoms with Gasteiger partial charge in [0.15, 0.2) is 5.08 Å². The van der Waals surface area contributed by atoms with Gasteiger partial charge >= 0.3 is 110 Å². The second-order valence-electron chi connectivity index (χ2n) is 6.70. The Balaban J connectivity index is -0.00000288. The summed E-state index contributed by atoms with van der Waals surface area (Å²) in [4.78, 5) is 41.8. The van der Waals surface area contributed by atoms with E-state index in [1.165, 1.54) is 38.5 Å². The first-order valence-electron chi connectivity index (χ1n) is 8.94. The SMILES string of the molecule is CCCCCCCCCCCN(C)CCC(O)(P(=O)([O-])[O-])P(=O)(O)O.[K+].[K+]. The molecule has 0 saturated carbocycles. The van der Waals surface area contributed by atoms with Crippen LogP contribution in [-0.4, -0.2) is 45.0 Å². The number of unbranched alkanes of at least 4 members (excludes halogenated alkanes) is 8. The van der Waals surface area contributed by atoms with Gasteiger partial charge in [-0.2, -0.15) is 0 Å². The van der Waals surface area contributed by atoms with E-state index in [-0.39, 0.29) is 109 Å².